The molecule has 2 nitrogen and oxygen atoms in total. The van der Waals surface area contributed by atoms with Gasteiger partial charge in [-0.2, -0.15) is 18.4 Å². The third-order valence-corrected chi connectivity index (χ3v) is 2.66. The molecule has 0 bridgehead atoms. The van der Waals surface area contributed by atoms with Crippen LogP contribution in [0.1, 0.15) is 23.4 Å². The average Bonchev–Trinajstić information content (AvgIpc) is 2.18. The summed E-state index contributed by atoms with van der Waals surface area (Å²) in [6.45, 7) is 0. The molecule has 17 heavy (non-hydrogen) atoms. The van der Waals surface area contributed by atoms with Gasteiger partial charge in [0.2, 0.25) is 0 Å². The van der Waals surface area contributed by atoms with E-state index in [-0.39, 0.29) is 0 Å². The molecule has 0 saturated carbocycles. The van der Waals surface area contributed by atoms with Gasteiger partial charge in [-0.3, -0.25) is 0 Å². The summed E-state index contributed by atoms with van der Waals surface area (Å²) in [6.07, 6.45) is -8.26. The number of halogens is 6. The van der Waals surface area contributed by atoms with Crippen LogP contribution in [0.4, 0.5) is 22.0 Å². The molecule has 0 aromatic carbocycles. The second-order valence-corrected chi connectivity index (χ2v) is 4.15. The lowest BCUT2D eigenvalue weighted by atomic mass is 10.1. The summed E-state index contributed by atoms with van der Waals surface area (Å²) in [4.78, 5) is 3.12. The third-order valence-electron chi connectivity index (χ3n) is 1.84. The van der Waals surface area contributed by atoms with E-state index in [1.54, 1.807) is 0 Å². The first-order valence-electron chi connectivity index (χ1n) is 4.19. The number of alkyl halides is 5. The number of hydrogen-bond donors (Lipinski definition) is 0. The zero-order chi connectivity index (χ0) is 13.2. The molecule has 0 unspecified atom stereocenters. The monoisotopic (exact) mass is 362 g/mol. The van der Waals surface area contributed by atoms with Crippen LogP contribution in [0.3, 0.4) is 0 Å². The molecule has 0 aliphatic rings. The first-order chi connectivity index (χ1) is 7.77. The average molecular weight is 362 g/mol. The lowest BCUT2D eigenvalue weighted by Crippen LogP contribution is -2.14. The summed E-state index contributed by atoms with van der Waals surface area (Å²) in [5, 5.41) is 8.37. The molecule has 0 radical (unpaired) electrons. The number of rotatable bonds is 2. The van der Waals surface area contributed by atoms with Crippen molar-refractivity contribution >= 4 is 22.6 Å². The highest BCUT2D eigenvalue weighted by atomic mass is 127. The van der Waals surface area contributed by atoms with Gasteiger partial charge in [-0.25, -0.2) is 13.8 Å². The van der Waals surface area contributed by atoms with Crippen molar-refractivity contribution in [3.8, 4) is 6.07 Å². The molecule has 0 aliphatic carbocycles. The first-order valence-corrected chi connectivity index (χ1v) is 5.27. The Morgan fingerprint density at radius 3 is 2.41 bits per heavy atom. The molecule has 0 saturated heterocycles. The molecule has 92 valence electrons. The van der Waals surface area contributed by atoms with Crippen molar-refractivity contribution in [3.63, 3.8) is 0 Å². The van der Waals surface area contributed by atoms with Crippen LogP contribution in [-0.4, -0.2) is 4.98 Å². The van der Waals surface area contributed by atoms with Gasteiger partial charge in [0.15, 0.2) is 5.69 Å². The smallest absolute Gasteiger partial charge is 0.246 e. The van der Waals surface area contributed by atoms with Crippen LogP contribution < -0.4 is 0 Å². The third kappa shape index (κ3) is 3.24. The van der Waals surface area contributed by atoms with Gasteiger partial charge in [0.25, 0.3) is 6.43 Å². The number of aromatic nitrogens is 1. The minimum atomic E-state index is -4.72. The Labute approximate surface area is 107 Å². The SMILES string of the molecule is N#CCc1nc(C(F)(F)F)c(I)cc1C(F)F. The van der Waals surface area contributed by atoms with Gasteiger partial charge >= 0.3 is 6.18 Å². The van der Waals surface area contributed by atoms with Crippen molar-refractivity contribution in [2.24, 2.45) is 0 Å². The summed E-state index contributed by atoms with van der Waals surface area (Å²) in [5.41, 5.74) is -2.41. The molecule has 1 aromatic heterocycles. The molecule has 8 heteroatoms. The minimum Gasteiger partial charge on any atom is -0.246 e. The Morgan fingerprint density at radius 1 is 1.41 bits per heavy atom. The lowest BCUT2D eigenvalue weighted by Gasteiger charge is -2.12. The largest absolute Gasteiger partial charge is 0.434 e. The van der Waals surface area contributed by atoms with Gasteiger partial charge in [0.05, 0.1) is 18.2 Å². The molecular weight excluding hydrogens is 358 g/mol. The van der Waals surface area contributed by atoms with E-state index in [0.717, 1.165) is 0 Å². The standard InChI is InChI=1S/C9H4F5IN2/c10-8(11)4-3-5(15)7(9(12,13)14)17-6(4)1-2-16/h3,8H,1H2. The molecule has 0 N–H and O–H groups in total. The lowest BCUT2D eigenvalue weighted by molar-refractivity contribution is -0.142. The quantitative estimate of drug-likeness (QED) is 0.594. The van der Waals surface area contributed by atoms with Crippen molar-refractivity contribution in [2.45, 2.75) is 19.0 Å². The fraction of sp³-hybridized carbons (Fsp3) is 0.333. The minimum absolute atomic E-state index is 0.410. The molecule has 0 spiro atoms. The van der Waals surface area contributed by atoms with Gasteiger partial charge < -0.3 is 0 Å². The molecule has 0 atom stereocenters. The number of pyridine rings is 1. The summed E-state index contributed by atoms with van der Waals surface area (Å²) in [5.74, 6) is 0. The highest BCUT2D eigenvalue weighted by molar-refractivity contribution is 14.1. The Balaban J connectivity index is 3.41. The van der Waals surface area contributed by atoms with Crippen molar-refractivity contribution in [1.29, 1.82) is 5.26 Å². The Hall–Kier alpha value is -0.980. The van der Waals surface area contributed by atoms with Gasteiger partial charge in [-0.1, -0.05) is 0 Å². The van der Waals surface area contributed by atoms with Gasteiger partial charge in [-0.05, 0) is 28.7 Å². The summed E-state index contributed by atoms with van der Waals surface area (Å²) < 4.78 is 62.0. The van der Waals surface area contributed by atoms with E-state index in [4.69, 9.17) is 5.26 Å². The fourth-order valence-electron chi connectivity index (χ4n) is 1.15. The summed E-state index contributed by atoms with van der Waals surface area (Å²) >= 11 is 1.29. The van der Waals surface area contributed by atoms with E-state index < -0.39 is 39.5 Å². The van der Waals surface area contributed by atoms with Crippen LogP contribution in [0.25, 0.3) is 0 Å². The van der Waals surface area contributed by atoms with Gasteiger partial charge in [0, 0.05) is 9.13 Å². The molecule has 0 aliphatic heterocycles. The molecule has 1 aromatic rings. The topological polar surface area (TPSA) is 36.7 Å². The van der Waals surface area contributed by atoms with Crippen molar-refractivity contribution in [3.05, 3.63) is 26.6 Å². The molecule has 0 fully saturated rings. The maximum atomic E-state index is 12.5. The number of hydrogen-bond acceptors (Lipinski definition) is 2. The predicted octanol–water partition coefficient (Wildman–Crippen LogP) is 3.71. The van der Waals surface area contributed by atoms with Gasteiger partial charge in [0.1, 0.15) is 0 Å². The van der Waals surface area contributed by atoms with E-state index in [2.05, 4.69) is 4.98 Å². The highest BCUT2D eigenvalue weighted by Crippen LogP contribution is 2.34. The second kappa shape index (κ2) is 5.12. The Kier molecular flexibility index (Phi) is 4.24. The summed E-state index contributed by atoms with van der Waals surface area (Å²) in [6, 6.07) is 2.23. The van der Waals surface area contributed by atoms with Crippen LogP contribution in [0, 0.1) is 14.9 Å². The zero-order valence-corrected chi connectivity index (χ0v) is 10.2. The number of nitrogens with zero attached hydrogens (tertiary/aromatic N) is 2. The van der Waals surface area contributed by atoms with E-state index in [1.165, 1.54) is 28.7 Å². The van der Waals surface area contributed by atoms with E-state index in [1.807, 2.05) is 0 Å². The second-order valence-electron chi connectivity index (χ2n) is 2.99. The molecule has 1 rings (SSSR count). The Bertz CT molecular complexity index is 464. The predicted molar refractivity (Wildman–Crippen MR) is 56.2 cm³/mol. The summed E-state index contributed by atoms with van der Waals surface area (Å²) in [7, 11) is 0. The van der Waals surface area contributed by atoms with Crippen molar-refractivity contribution < 1.29 is 22.0 Å². The highest BCUT2D eigenvalue weighted by Gasteiger charge is 2.36. The molecular formula is C9H4F5IN2. The fourth-order valence-corrected chi connectivity index (χ4v) is 1.91. The normalized spacial score (nSPS) is 11.6. The first kappa shape index (κ1) is 14.1. The van der Waals surface area contributed by atoms with Crippen LogP contribution in [-0.2, 0) is 12.6 Å². The maximum absolute atomic E-state index is 12.5. The van der Waals surface area contributed by atoms with Crippen LogP contribution >= 0.6 is 22.6 Å². The van der Waals surface area contributed by atoms with Crippen molar-refractivity contribution in [2.75, 3.05) is 0 Å². The molecule has 1 heterocycles. The van der Waals surface area contributed by atoms with Crippen LogP contribution in [0.2, 0.25) is 0 Å². The van der Waals surface area contributed by atoms with E-state index >= 15 is 0 Å². The number of nitriles is 1. The van der Waals surface area contributed by atoms with E-state index in [9.17, 15) is 22.0 Å². The van der Waals surface area contributed by atoms with Crippen molar-refractivity contribution in [1.82, 2.24) is 4.98 Å². The van der Waals surface area contributed by atoms with Crippen LogP contribution in [0.5, 0.6) is 0 Å². The van der Waals surface area contributed by atoms with Gasteiger partial charge in [-0.15, -0.1) is 0 Å². The van der Waals surface area contributed by atoms with Crippen LogP contribution in [0.15, 0.2) is 6.07 Å². The molecule has 0 amide bonds. The zero-order valence-electron chi connectivity index (χ0n) is 8.02. The maximum Gasteiger partial charge on any atom is 0.434 e. The van der Waals surface area contributed by atoms with E-state index in [0.29, 0.717) is 6.07 Å². The Morgan fingerprint density at radius 2 is 2.00 bits per heavy atom.